The van der Waals surface area contributed by atoms with Crippen LogP contribution >= 0.6 is 0 Å². The van der Waals surface area contributed by atoms with Gasteiger partial charge in [0.05, 0.1) is 11.7 Å². The minimum Gasteiger partial charge on any atom is -0.315 e. The number of carbonyl (C=O) groups excluding carboxylic acids is 1. The maximum absolute atomic E-state index is 12.2. The van der Waals surface area contributed by atoms with Crippen molar-refractivity contribution in [3.05, 3.63) is 5.82 Å². The Morgan fingerprint density at radius 1 is 1.48 bits per heavy atom. The number of hydrogen-bond donors (Lipinski definition) is 1. The smallest absolute Gasteiger partial charge is 0.315 e. The Kier molecular flexibility index (Phi) is 4.94. The van der Waals surface area contributed by atoms with E-state index in [1.807, 2.05) is 6.92 Å². The first-order valence-corrected chi connectivity index (χ1v) is 8.68. The van der Waals surface area contributed by atoms with Gasteiger partial charge in [0.15, 0.2) is 5.82 Å². The van der Waals surface area contributed by atoms with Gasteiger partial charge in [-0.2, -0.15) is 4.98 Å². The zero-order chi connectivity index (χ0) is 15.5. The number of aryl methyl sites for hydroxylation is 1. The SMILES string of the molecule is CCc1noc(NC(=O)C2CCCN(S(=O)(=O)CC)C2)n1. The molecule has 1 aliphatic rings. The van der Waals surface area contributed by atoms with E-state index < -0.39 is 15.9 Å². The molecule has 118 valence electrons. The number of anilines is 1. The third-order valence-electron chi connectivity index (χ3n) is 3.53. The van der Waals surface area contributed by atoms with E-state index in [1.54, 1.807) is 6.92 Å². The van der Waals surface area contributed by atoms with Gasteiger partial charge in [-0.15, -0.1) is 0 Å². The summed E-state index contributed by atoms with van der Waals surface area (Å²) in [6.07, 6.45) is 1.93. The monoisotopic (exact) mass is 316 g/mol. The molecule has 1 fully saturated rings. The van der Waals surface area contributed by atoms with Crippen molar-refractivity contribution in [3.63, 3.8) is 0 Å². The average Bonchev–Trinajstić information content (AvgIpc) is 2.95. The molecular weight excluding hydrogens is 296 g/mol. The minimum absolute atomic E-state index is 0.0465. The highest BCUT2D eigenvalue weighted by molar-refractivity contribution is 7.89. The van der Waals surface area contributed by atoms with Crippen LogP contribution in [0.15, 0.2) is 4.52 Å². The molecule has 0 radical (unpaired) electrons. The molecule has 1 amide bonds. The summed E-state index contributed by atoms with van der Waals surface area (Å²) in [6.45, 7) is 4.16. The van der Waals surface area contributed by atoms with Gasteiger partial charge < -0.3 is 4.52 Å². The predicted molar refractivity (Wildman–Crippen MR) is 76.1 cm³/mol. The van der Waals surface area contributed by atoms with Crippen molar-refractivity contribution in [1.29, 1.82) is 0 Å². The first-order valence-electron chi connectivity index (χ1n) is 7.07. The Morgan fingerprint density at radius 2 is 2.24 bits per heavy atom. The van der Waals surface area contributed by atoms with Crippen molar-refractivity contribution in [3.8, 4) is 0 Å². The Hall–Kier alpha value is -1.48. The maximum Gasteiger partial charge on any atom is 0.328 e. The largest absolute Gasteiger partial charge is 0.328 e. The van der Waals surface area contributed by atoms with E-state index in [9.17, 15) is 13.2 Å². The Bertz CT molecular complexity index is 598. The van der Waals surface area contributed by atoms with E-state index in [0.29, 0.717) is 31.6 Å². The standard InChI is InChI=1S/C12H20N4O4S/c1-3-10-13-12(20-15-10)14-11(17)9-6-5-7-16(8-9)21(18,19)4-2/h9H,3-8H2,1-2H3,(H,13,14,15,17). The van der Waals surface area contributed by atoms with Crippen molar-refractivity contribution in [2.24, 2.45) is 5.92 Å². The van der Waals surface area contributed by atoms with Crippen LogP contribution in [-0.2, 0) is 21.2 Å². The van der Waals surface area contributed by atoms with E-state index in [1.165, 1.54) is 4.31 Å². The predicted octanol–water partition coefficient (Wildman–Crippen LogP) is 0.632. The molecule has 2 rings (SSSR count). The zero-order valence-corrected chi connectivity index (χ0v) is 13.0. The van der Waals surface area contributed by atoms with Gasteiger partial charge in [-0.1, -0.05) is 12.1 Å². The molecule has 21 heavy (non-hydrogen) atoms. The topological polar surface area (TPSA) is 105 Å². The maximum atomic E-state index is 12.2. The average molecular weight is 316 g/mol. The summed E-state index contributed by atoms with van der Waals surface area (Å²) >= 11 is 0. The minimum atomic E-state index is -3.26. The second-order valence-corrected chi connectivity index (χ2v) is 7.21. The Morgan fingerprint density at radius 3 is 2.86 bits per heavy atom. The van der Waals surface area contributed by atoms with E-state index in [0.717, 1.165) is 0 Å². The number of amides is 1. The van der Waals surface area contributed by atoms with Gasteiger partial charge in [-0.3, -0.25) is 10.1 Å². The molecule has 2 heterocycles. The number of sulfonamides is 1. The number of rotatable bonds is 5. The number of aromatic nitrogens is 2. The van der Waals surface area contributed by atoms with Crippen molar-refractivity contribution in [2.75, 3.05) is 24.2 Å². The number of hydrogen-bond acceptors (Lipinski definition) is 6. The Labute approximate surface area is 123 Å². The van der Waals surface area contributed by atoms with Gasteiger partial charge in [-0.25, -0.2) is 12.7 Å². The lowest BCUT2D eigenvalue weighted by atomic mass is 9.99. The fraction of sp³-hybridized carbons (Fsp3) is 0.750. The molecule has 1 N–H and O–H groups in total. The first kappa shape index (κ1) is 15.9. The Balaban J connectivity index is 1.99. The molecule has 1 unspecified atom stereocenters. The summed E-state index contributed by atoms with van der Waals surface area (Å²) < 4.78 is 30.0. The molecular formula is C12H20N4O4S. The fourth-order valence-electron chi connectivity index (χ4n) is 2.25. The van der Waals surface area contributed by atoms with E-state index in [2.05, 4.69) is 15.5 Å². The lowest BCUT2D eigenvalue weighted by Gasteiger charge is -2.30. The van der Waals surface area contributed by atoms with Crippen molar-refractivity contribution in [2.45, 2.75) is 33.1 Å². The van der Waals surface area contributed by atoms with Crippen LogP contribution in [0.25, 0.3) is 0 Å². The number of nitrogens with zero attached hydrogens (tertiary/aromatic N) is 3. The van der Waals surface area contributed by atoms with Crippen molar-refractivity contribution < 1.29 is 17.7 Å². The van der Waals surface area contributed by atoms with Gasteiger partial charge in [0.1, 0.15) is 0 Å². The van der Waals surface area contributed by atoms with Crippen LogP contribution in [0.1, 0.15) is 32.5 Å². The molecule has 0 aliphatic carbocycles. The third kappa shape index (κ3) is 3.79. The molecule has 8 nitrogen and oxygen atoms in total. The molecule has 9 heteroatoms. The van der Waals surface area contributed by atoms with Crippen molar-refractivity contribution in [1.82, 2.24) is 14.4 Å². The van der Waals surface area contributed by atoms with Gasteiger partial charge in [0, 0.05) is 19.5 Å². The number of carbonyl (C=O) groups is 1. The molecule has 1 aromatic rings. The van der Waals surface area contributed by atoms with E-state index in [-0.39, 0.29) is 24.2 Å². The molecule has 0 aromatic carbocycles. The summed E-state index contributed by atoms with van der Waals surface area (Å²) in [5.41, 5.74) is 0. The summed E-state index contributed by atoms with van der Waals surface area (Å²) in [7, 11) is -3.26. The molecule has 0 bridgehead atoms. The second-order valence-electron chi connectivity index (χ2n) is 4.96. The van der Waals surface area contributed by atoms with Crippen LogP contribution < -0.4 is 5.32 Å². The molecule has 1 aromatic heterocycles. The summed E-state index contributed by atoms with van der Waals surface area (Å²) in [6, 6.07) is 0.0623. The lowest BCUT2D eigenvalue weighted by Crippen LogP contribution is -2.44. The summed E-state index contributed by atoms with van der Waals surface area (Å²) in [5, 5.41) is 6.25. The van der Waals surface area contributed by atoms with Gasteiger partial charge in [0.2, 0.25) is 15.9 Å². The van der Waals surface area contributed by atoms with E-state index >= 15 is 0 Å². The third-order valence-corrected chi connectivity index (χ3v) is 5.38. The normalized spacial score (nSPS) is 20.4. The summed E-state index contributed by atoms with van der Waals surface area (Å²) in [5.74, 6) is -0.108. The van der Waals surface area contributed by atoms with Crippen molar-refractivity contribution >= 4 is 21.9 Å². The first-order chi connectivity index (χ1) is 9.96. The second kappa shape index (κ2) is 6.52. The fourth-order valence-corrected chi connectivity index (χ4v) is 3.43. The highest BCUT2D eigenvalue weighted by Gasteiger charge is 2.31. The molecule has 1 aliphatic heterocycles. The highest BCUT2D eigenvalue weighted by atomic mass is 32.2. The number of nitrogens with one attached hydrogen (secondary N) is 1. The van der Waals surface area contributed by atoms with Gasteiger partial charge in [-0.05, 0) is 19.8 Å². The van der Waals surface area contributed by atoms with Gasteiger partial charge >= 0.3 is 6.01 Å². The summed E-state index contributed by atoms with van der Waals surface area (Å²) in [4.78, 5) is 16.2. The van der Waals surface area contributed by atoms with Crippen LogP contribution in [0, 0.1) is 5.92 Å². The van der Waals surface area contributed by atoms with Gasteiger partial charge in [0.25, 0.3) is 0 Å². The molecule has 1 atom stereocenters. The highest BCUT2D eigenvalue weighted by Crippen LogP contribution is 2.21. The van der Waals surface area contributed by atoms with Crippen LogP contribution in [0.2, 0.25) is 0 Å². The van der Waals surface area contributed by atoms with Crippen LogP contribution in [0.4, 0.5) is 6.01 Å². The quantitative estimate of drug-likeness (QED) is 0.854. The lowest BCUT2D eigenvalue weighted by molar-refractivity contribution is -0.121. The molecule has 0 saturated carbocycles. The zero-order valence-electron chi connectivity index (χ0n) is 12.2. The number of piperidine rings is 1. The van der Waals surface area contributed by atoms with Crippen LogP contribution in [-0.4, -0.2) is 47.6 Å². The van der Waals surface area contributed by atoms with E-state index in [4.69, 9.17) is 4.52 Å². The molecule has 1 saturated heterocycles. The van der Waals surface area contributed by atoms with Crippen LogP contribution in [0.3, 0.4) is 0 Å². The van der Waals surface area contributed by atoms with Crippen LogP contribution in [0.5, 0.6) is 0 Å². The molecule has 0 spiro atoms.